The van der Waals surface area contributed by atoms with E-state index in [1.807, 2.05) is 54.6 Å². The molecular formula is C27H22N2O4. The van der Waals surface area contributed by atoms with Crippen LogP contribution in [-0.4, -0.2) is 18.4 Å². The van der Waals surface area contributed by atoms with Crippen molar-refractivity contribution in [1.29, 1.82) is 0 Å². The summed E-state index contributed by atoms with van der Waals surface area (Å²) in [5, 5.41) is 2.95. The number of amides is 2. The van der Waals surface area contributed by atoms with Gasteiger partial charge in [0.1, 0.15) is 18.6 Å². The van der Waals surface area contributed by atoms with Gasteiger partial charge in [0.05, 0.1) is 11.8 Å². The van der Waals surface area contributed by atoms with Gasteiger partial charge in [-0.15, -0.1) is 0 Å². The van der Waals surface area contributed by atoms with E-state index in [0.717, 1.165) is 23.2 Å². The fourth-order valence-corrected chi connectivity index (χ4v) is 3.90. The molecule has 33 heavy (non-hydrogen) atoms. The smallest absolute Gasteiger partial charge is 0.261 e. The van der Waals surface area contributed by atoms with Gasteiger partial charge in [-0.3, -0.25) is 9.59 Å². The fourth-order valence-electron chi connectivity index (χ4n) is 3.90. The maximum Gasteiger partial charge on any atom is 0.261 e. The third-order valence-electron chi connectivity index (χ3n) is 5.59. The SMILES string of the molecule is O=C(Nc1ccc2c(c1)CCN2C(=O)c1ccoc1)c1cccc(OCc2ccccc2)c1. The highest BCUT2D eigenvalue weighted by molar-refractivity contribution is 6.08. The van der Waals surface area contributed by atoms with Gasteiger partial charge in [0.15, 0.2) is 0 Å². The summed E-state index contributed by atoms with van der Waals surface area (Å²) in [5.41, 5.74) is 4.66. The van der Waals surface area contributed by atoms with Crippen molar-refractivity contribution in [2.24, 2.45) is 0 Å². The second kappa shape index (κ2) is 9.04. The quantitative estimate of drug-likeness (QED) is 0.443. The minimum atomic E-state index is -0.218. The van der Waals surface area contributed by atoms with Crippen LogP contribution in [0.25, 0.3) is 0 Å². The maximum atomic E-state index is 12.8. The zero-order chi connectivity index (χ0) is 22.6. The lowest BCUT2D eigenvalue weighted by molar-refractivity contribution is 0.0987. The number of benzene rings is 3. The van der Waals surface area contributed by atoms with Crippen LogP contribution in [0.4, 0.5) is 11.4 Å². The van der Waals surface area contributed by atoms with Crippen molar-refractivity contribution >= 4 is 23.2 Å². The van der Waals surface area contributed by atoms with E-state index in [1.54, 1.807) is 29.2 Å². The van der Waals surface area contributed by atoms with Crippen molar-refractivity contribution in [1.82, 2.24) is 0 Å². The van der Waals surface area contributed by atoms with Crippen LogP contribution in [0.3, 0.4) is 0 Å². The molecule has 1 aliphatic heterocycles. The van der Waals surface area contributed by atoms with Crippen LogP contribution >= 0.6 is 0 Å². The molecule has 1 aliphatic rings. The van der Waals surface area contributed by atoms with Crippen molar-refractivity contribution in [2.45, 2.75) is 13.0 Å². The zero-order valence-corrected chi connectivity index (χ0v) is 17.9. The van der Waals surface area contributed by atoms with Crippen molar-refractivity contribution < 1.29 is 18.7 Å². The molecule has 5 rings (SSSR count). The van der Waals surface area contributed by atoms with Gasteiger partial charge in [0.25, 0.3) is 11.8 Å². The van der Waals surface area contributed by atoms with Gasteiger partial charge in [0, 0.05) is 23.5 Å². The predicted molar refractivity (Wildman–Crippen MR) is 126 cm³/mol. The van der Waals surface area contributed by atoms with Crippen LogP contribution in [0, 0.1) is 0 Å². The van der Waals surface area contributed by atoms with Crippen LogP contribution in [0.5, 0.6) is 5.75 Å². The number of fused-ring (bicyclic) bond motifs is 1. The van der Waals surface area contributed by atoms with E-state index in [0.29, 0.717) is 35.7 Å². The molecule has 0 fully saturated rings. The molecule has 0 atom stereocenters. The minimum Gasteiger partial charge on any atom is -0.489 e. The predicted octanol–water partition coefficient (Wildman–Crippen LogP) is 5.31. The molecule has 6 nitrogen and oxygen atoms in total. The van der Waals surface area contributed by atoms with Gasteiger partial charge in [-0.05, 0) is 60.0 Å². The molecule has 1 N–H and O–H groups in total. The number of hydrogen-bond acceptors (Lipinski definition) is 4. The molecule has 6 heteroatoms. The number of hydrogen-bond donors (Lipinski definition) is 1. The Balaban J connectivity index is 1.26. The molecular weight excluding hydrogens is 416 g/mol. The molecule has 0 aliphatic carbocycles. The first kappa shape index (κ1) is 20.6. The average Bonchev–Trinajstić information content (AvgIpc) is 3.53. The summed E-state index contributed by atoms with van der Waals surface area (Å²) in [7, 11) is 0. The topological polar surface area (TPSA) is 71.8 Å². The third kappa shape index (κ3) is 4.50. The lowest BCUT2D eigenvalue weighted by Gasteiger charge is -2.16. The van der Waals surface area contributed by atoms with Gasteiger partial charge in [-0.25, -0.2) is 0 Å². The van der Waals surface area contributed by atoms with Crippen LogP contribution in [0.2, 0.25) is 0 Å². The number of furan rings is 1. The largest absolute Gasteiger partial charge is 0.489 e. The van der Waals surface area contributed by atoms with Crippen molar-refractivity contribution in [3.63, 3.8) is 0 Å². The molecule has 0 bridgehead atoms. The molecule has 3 aromatic carbocycles. The molecule has 164 valence electrons. The summed E-state index contributed by atoms with van der Waals surface area (Å²) in [6, 6.07) is 24.3. The van der Waals surface area contributed by atoms with Crippen LogP contribution < -0.4 is 15.0 Å². The Morgan fingerprint density at radius 2 is 1.82 bits per heavy atom. The first-order valence-electron chi connectivity index (χ1n) is 10.7. The second-order valence-electron chi connectivity index (χ2n) is 7.82. The van der Waals surface area contributed by atoms with E-state index in [-0.39, 0.29) is 11.8 Å². The number of nitrogens with zero attached hydrogens (tertiary/aromatic N) is 1. The first-order chi connectivity index (χ1) is 16.2. The van der Waals surface area contributed by atoms with Crippen LogP contribution in [-0.2, 0) is 13.0 Å². The number of carbonyl (C=O) groups excluding carboxylic acids is 2. The van der Waals surface area contributed by atoms with E-state index in [4.69, 9.17) is 9.15 Å². The van der Waals surface area contributed by atoms with Gasteiger partial charge < -0.3 is 19.4 Å². The Labute approximate surface area is 191 Å². The van der Waals surface area contributed by atoms with E-state index < -0.39 is 0 Å². The fraction of sp³-hybridized carbons (Fsp3) is 0.111. The van der Waals surface area contributed by atoms with Crippen LogP contribution in [0.15, 0.2) is 95.8 Å². The van der Waals surface area contributed by atoms with E-state index in [2.05, 4.69) is 5.32 Å². The van der Waals surface area contributed by atoms with Crippen molar-refractivity contribution in [2.75, 3.05) is 16.8 Å². The first-order valence-corrected chi connectivity index (χ1v) is 10.7. The molecule has 1 aromatic heterocycles. The third-order valence-corrected chi connectivity index (χ3v) is 5.59. The summed E-state index contributed by atoms with van der Waals surface area (Å²) in [5.74, 6) is 0.324. The average molecular weight is 438 g/mol. The lowest BCUT2D eigenvalue weighted by atomic mass is 10.1. The van der Waals surface area contributed by atoms with Crippen LogP contribution in [0.1, 0.15) is 31.8 Å². The summed E-state index contributed by atoms with van der Waals surface area (Å²) < 4.78 is 10.9. The molecule has 2 amide bonds. The lowest BCUT2D eigenvalue weighted by Crippen LogP contribution is -2.28. The standard InChI is InChI=1S/C27H22N2O4/c30-26(21-7-4-8-24(16-21)33-17-19-5-2-1-3-6-19)28-23-9-10-25-20(15-23)11-13-29(25)27(31)22-12-14-32-18-22/h1-10,12,14-16,18H,11,13,17H2,(H,28,30). The Hall–Kier alpha value is -4.32. The number of carbonyl (C=O) groups is 2. The number of ether oxygens (including phenoxy) is 1. The zero-order valence-electron chi connectivity index (χ0n) is 17.9. The van der Waals surface area contributed by atoms with Crippen molar-refractivity contribution in [3.05, 3.63) is 114 Å². The maximum absolute atomic E-state index is 12.8. The molecule has 4 aromatic rings. The molecule has 0 unspecified atom stereocenters. The summed E-state index contributed by atoms with van der Waals surface area (Å²) in [6.45, 7) is 1.03. The minimum absolute atomic E-state index is 0.0911. The van der Waals surface area contributed by atoms with Gasteiger partial charge in [0.2, 0.25) is 0 Å². The van der Waals surface area contributed by atoms with E-state index in [9.17, 15) is 9.59 Å². The highest BCUT2D eigenvalue weighted by Gasteiger charge is 2.26. The Morgan fingerprint density at radius 3 is 2.64 bits per heavy atom. The molecule has 0 radical (unpaired) electrons. The van der Waals surface area contributed by atoms with Gasteiger partial charge in [-0.2, -0.15) is 0 Å². The molecule has 2 heterocycles. The van der Waals surface area contributed by atoms with Gasteiger partial charge in [-0.1, -0.05) is 36.4 Å². The summed E-state index contributed by atoms with van der Waals surface area (Å²) >= 11 is 0. The Morgan fingerprint density at radius 1 is 0.939 bits per heavy atom. The highest BCUT2D eigenvalue weighted by atomic mass is 16.5. The molecule has 0 spiro atoms. The monoisotopic (exact) mass is 438 g/mol. The Bertz CT molecular complexity index is 1280. The summed E-state index contributed by atoms with van der Waals surface area (Å²) in [4.78, 5) is 27.2. The highest BCUT2D eigenvalue weighted by Crippen LogP contribution is 2.32. The molecule has 0 saturated carbocycles. The van der Waals surface area contributed by atoms with Gasteiger partial charge >= 0.3 is 0 Å². The second-order valence-corrected chi connectivity index (χ2v) is 7.82. The Kier molecular flexibility index (Phi) is 5.64. The number of anilines is 2. The summed E-state index contributed by atoms with van der Waals surface area (Å²) in [6.07, 6.45) is 3.67. The number of rotatable bonds is 6. The molecule has 0 saturated heterocycles. The van der Waals surface area contributed by atoms with E-state index >= 15 is 0 Å². The normalized spacial score (nSPS) is 12.3. The van der Waals surface area contributed by atoms with Crippen molar-refractivity contribution in [3.8, 4) is 5.75 Å². The van der Waals surface area contributed by atoms with E-state index in [1.165, 1.54) is 12.5 Å². The number of nitrogens with one attached hydrogen (secondary N) is 1.